The predicted octanol–water partition coefficient (Wildman–Crippen LogP) is 4.60. The van der Waals surface area contributed by atoms with Gasteiger partial charge in [-0.1, -0.05) is 30.3 Å². The third-order valence-electron chi connectivity index (χ3n) is 5.97. The maximum absolute atomic E-state index is 13.6. The highest BCUT2D eigenvalue weighted by Gasteiger charge is 2.36. The summed E-state index contributed by atoms with van der Waals surface area (Å²) in [5, 5.41) is 20.9. The number of benzene rings is 3. The van der Waals surface area contributed by atoms with Crippen LogP contribution in [0.15, 0.2) is 84.1 Å². The number of nitrogens with one attached hydrogen (secondary N) is 2. The normalized spacial score (nSPS) is 14.6. The van der Waals surface area contributed by atoms with Gasteiger partial charge in [0.05, 0.1) is 19.8 Å². The Morgan fingerprint density at radius 3 is 2.56 bits per heavy atom. The van der Waals surface area contributed by atoms with Crippen LogP contribution in [0.5, 0.6) is 17.2 Å². The lowest BCUT2D eigenvalue weighted by molar-refractivity contribution is -0.113. The van der Waals surface area contributed by atoms with Gasteiger partial charge in [0.2, 0.25) is 5.95 Å². The first-order valence-electron chi connectivity index (χ1n) is 11.3. The first-order valence-corrected chi connectivity index (χ1v) is 11.3. The van der Waals surface area contributed by atoms with Crippen LogP contribution in [0.1, 0.15) is 18.5 Å². The number of amides is 1. The molecule has 1 aliphatic heterocycles. The van der Waals surface area contributed by atoms with Crippen LogP contribution in [0.2, 0.25) is 0 Å². The van der Waals surface area contributed by atoms with E-state index in [4.69, 9.17) is 14.6 Å². The Morgan fingerprint density at radius 1 is 1.03 bits per heavy atom. The molecule has 0 saturated carbocycles. The fourth-order valence-electron chi connectivity index (χ4n) is 4.26. The first kappa shape index (κ1) is 23.0. The van der Waals surface area contributed by atoms with Crippen molar-refractivity contribution in [3.8, 4) is 28.6 Å². The number of hydrogen-bond donors (Lipinski definition) is 3. The molecule has 5 rings (SSSR count). The predicted molar refractivity (Wildman–Crippen MR) is 136 cm³/mol. The summed E-state index contributed by atoms with van der Waals surface area (Å²) in [6, 6.07) is 20.8. The minimum atomic E-state index is -0.649. The largest absolute Gasteiger partial charge is 0.508 e. The Bertz CT molecular complexity index is 1460. The molecule has 3 aromatic carbocycles. The van der Waals surface area contributed by atoms with Crippen LogP contribution in [-0.4, -0.2) is 40.0 Å². The van der Waals surface area contributed by atoms with E-state index >= 15 is 0 Å². The summed E-state index contributed by atoms with van der Waals surface area (Å²) < 4.78 is 12.7. The van der Waals surface area contributed by atoms with E-state index in [1.54, 1.807) is 43.2 Å². The molecule has 4 aromatic rings. The van der Waals surface area contributed by atoms with E-state index in [0.717, 1.165) is 0 Å². The number of aromatic hydroxyl groups is 1. The third kappa shape index (κ3) is 4.22. The molecule has 1 amide bonds. The molecular weight excluding hydrogens is 458 g/mol. The van der Waals surface area contributed by atoms with Gasteiger partial charge in [0, 0.05) is 28.6 Å². The number of ether oxygens (including phenoxy) is 2. The lowest BCUT2D eigenvalue weighted by atomic mass is 9.94. The fraction of sp³-hybridized carbons (Fsp3) is 0.148. The molecule has 3 N–H and O–H groups in total. The zero-order valence-corrected chi connectivity index (χ0v) is 20.0. The molecule has 0 radical (unpaired) electrons. The molecule has 0 aliphatic carbocycles. The van der Waals surface area contributed by atoms with Crippen molar-refractivity contribution in [1.82, 2.24) is 14.8 Å². The van der Waals surface area contributed by atoms with E-state index < -0.39 is 6.04 Å². The lowest BCUT2D eigenvalue weighted by Crippen LogP contribution is -2.31. The van der Waals surface area contributed by atoms with E-state index in [1.807, 2.05) is 55.5 Å². The quantitative estimate of drug-likeness (QED) is 0.368. The second-order valence-corrected chi connectivity index (χ2v) is 8.25. The number of rotatable bonds is 6. The Balaban J connectivity index is 1.66. The second-order valence-electron chi connectivity index (χ2n) is 8.25. The minimum absolute atomic E-state index is 0.110. The van der Waals surface area contributed by atoms with Gasteiger partial charge in [-0.2, -0.15) is 4.98 Å². The molecule has 1 aromatic heterocycles. The summed E-state index contributed by atoms with van der Waals surface area (Å²) in [4.78, 5) is 18.3. The monoisotopic (exact) mass is 483 g/mol. The number of carbonyl (C=O) groups is 1. The Kier molecular flexibility index (Phi) is 6.03. The van der Waals surface area contributed by atoms with Crippen molar-refractivity contribution in [3.63, 3.8) is 0 Å². The number of phenolic OH excluding ortho intramolecular Hbond substituents is 1. The summed E-state index contributed by atoms with van der Waals surface area (Å²) in [5.41, 5.74) is 3.13. The molecule has 0 bridgehead atoms. The van der Waals surface area contributed by atoms with E-state index in [0.29, 0.717) is 51.4 Å². The summed E-state index contributed by atoms with van der Waals surface area (Å²) in [7, 11) is 3.15. The average Bonchev–Trinajstić information content (AvgIpc) is 3.31. The fourth-order valence-corrected chi connectivity index (χ4v) is 4.26. The molecule has 9 heteroatoms. The van der Waals surface area contributed by atoms with Gasteiger partial charge >= 0.3 is 0 Å². The standard InChI is InChI=1S/C27H25N5O4/c1-16-23(26(34)29-18-9-5-4-6-10-18)24(21-13-12-20(35-2)15-22(21)36-3)32-27(28-16)30-25(31-32)17-8-7-11-19(33)14-17/h4-15,24,33H,1-3H3,(H,29,34)(H,28,30,31). The van der Waals surface area contributed by atoms with Gasteiger partial charge in [-0.15, -0.1) is 5.10 Å². The van der Waals surface area contributed by atoms with Gasteiger partial charge in [0.25, 0.3) is 5.91 Å². The van der Waals surface area contributed by atoms with E-state index in [9.17, 15) is 9.90 Å². The highest BCUT2D eigenvalue weighted by Crippen LogP contribution is 2.41. The number of para-hydroxylation sites is 1. The van der Waals surface area contributed by atoms with E-state index in [2.05, 4.69) is 15.6 Å². The number of methoxy groups -OCH3 is 2. The van der Waals surface area contributed by atoms with Crippen molar-refractivity contribution >= 4 is 17.5 Å². The van der Waals surface area contributed by atoms with Crippen molar-refractivity contribution in [2.75, 3.05) is 24.9 Å². The molecule has 1 aliphatic rings. The van der Waals surface area contributed by atoms with Crippen LogP contribution in [0.3, 0.4) is 0 Å². The van der Waals surface area contributed by atoms with Crippen molar-refractivity contribution < 1.29 is 19.4 Å². The number of fused-ring (bicyclic) bond motifs is 1. The maximum Gasteiger partial charge on any atom is 0.255 e. The SMILES string of the molecule is COc1ccc(C2C(C(=O)Nc3ccccc3)=C(C)Nc3nc(-c4cccc(O)c4)nn32)c(OC)c1. The van der Waals surface area contributed by atoms with Gasteiger partial charge in [-0.25, -0.2) is 4.68 Å². The van der Waals surface area contributed by atoms with E-state index in [1.165, 1.54) is 0 Å². The summed E-state index contributed by atoms with van der Waals surface area (Å²) in [6.45, 7) is 1.83. The zero-order valence-electron chi connectivity index (χ0n) is 20.0. The molecule has 1 unspecified atom stereocenters. The number of anilines is 2. The molecule has 0 spiro atoms. The van der Waals surface area contributed by atoms with Gasteiger partial charge in [-0.05, 0) is 43.3 Å². The number of carbonyl (C=O) groups excluding carboxylic acids is 1. The van der Waals surface area contributed by atoms with Crippen LogP contribution in [0.4, 0.5) is 11.6 Å². The topological polar surface area (TPSA) is 111 Å². The number of allylic oxidation sites excluding steroid dienone is 1. The summed E-state index contributed by atoms with van der Waals surface area (Å²) >= 11 is 0. The Labute approximate surface area is 208 Å². The summed E-state index contributed by atoms with van der Waals surface area (Å²) in [6.07, 6.45) is 0. The number of aromatic nitrogens is 3. The lowest BCUT2D eigenvalue weighted by Gasteiger charge is -2.29. The molecule has 0 fully saturated rings. The molecule has 2 heterocycles. The van der Waals surface area contributed by atoms with Crippen LogP contribution in [0, 0.1) is 0 Å². The van der Waals surface area contributed by atoms with Gasteiger partial charge in [0.15, 0.2) is 5.82 Å². The van der Waals surface area contributed by atoms with Crippen LogP contribution < -0.4 is 20.1 Å². The van der Waals surface area contributed by atoms with Crippen molar-refractivity contribution in [2.24, 2.45) is 0 Å². The highest BCUT2D eigenvalue weighted by molar-refractivity contribution is 6.06. The molecule has 1 atom stereocenters. The summed E-state index contributed by atoms with van der Waals surface area (Å²) in [5.74, 6) is 1.86. The van der Waals surface area contributed by atoms with Gasteiger partial charge < -0.3 is 25.2 Å². The Morgan fingerprint density at radius 2 is 1.83 bits per heavy atom. The first-order chi connectivity index (χ1) is 17.5. The smallest absolute Gasteiger partial charge is 0.255 e. The molecule has 9 nitrogen and oxygen atoms in total. The number of hydrogen-bond acceptors (Lipinski definition) is 7. The van der Waals surface area contributed by atoms with Crippen LogP contribution in [-0.2, 0) is 4.79 Å². The van der Waals surface area contributed by atoms with Gasteiger partial charge in [0.1, 0.15) is 23.3 Å². The molecule has 36 heavy (non-hydrogen) atoms. The maximum atomic E-state index is 13.6. The number of phenols is 1. The molecule has 0 saturated heterocycles. The van der Waals surface area contributed by atoms with Crippen LogP contribution >= 0.6 is 0 Å². The van der Waals surface area contributed by atoms with Crippen molar-refractivity contribution in [3.05, 3.63) is 89.6 Å². The molecule has 182 valence electrons. The third-order valence-corrected chi connectivity index (χ3v) is 5.97. The second kappa shape index (κ2) is 9.46. The highest BCUT2D eigenvalue weighted by atomic mass is 16.5. The van der Waals surface area contributed by atoms with Gasteiger partial charge in [-0.3, -0.25) is 4.79 Å². The van der Waals surface area contributed by atoms with Crippen LogP contribution in [0.25, 0.3) is 11.4 Å². The molecular formula is C27H25N5O4. The van der Waals surface area contributed by atoms with Crippen molar-refractivity contribution in [2.45, 2.75) is 13.0 Å². The van der Waals surface area contributed by atoms with Crippen molar-refractivity contribution in [1.29, 1.82) is 0 Å². The Hall–Kier alpha value is -4.79. The van der Waals surface area contributed by atoms with E-state index in [-0.39, 0.29) is 11.7 Å². The number of nitrogens with zero attached hydrogens (tertiary/aromatic N) is 3. The zero-order chi connectivity index (χ0) is 25.2. The minimum Gasteiger partial charge on any atom is -0.508 e. The average molecular weight is 484 g/mol.